The van der Waals surface area contributed by atoms with Crippen molar-refractivity contribution in [3.05, 3.63) is 86.6 Å². The number of benzene rings is 1. The predicted octanol–water partition coefficient (Wildman–Crippen LogP) is 3.42. The van der Waals surface area contributed by atoms with Crippen LogP contribution in [0.1, 0.15) is 76.2 Å². The number of hydrogen-bond acceptors (Lipinski definition) is 13. The maximum Gasteiger partial charge on any atom is 0.470 e. The van der Waals surface area contributed by atoms with Gasteiger partial charge in [0.1, 0.15) is 21.6 Å². The molecule has 3 heterocycles. The van der Waals surface area contributed by atoms with E-state index >= 15 is 0 Å². The van der Waals surface area contributed by atoms with Crippen molar-refractivity contribution >= 4 is 92.4 Å². The molecule has 0 spiro atoms. The number of ketones is 2. The number of carbonyl (C=O) groups is 8. The third-order valence-corrected chi connectivity index (χ3v) is 17.5. The Morgan fingerprint density at radius 2 is 1.70 bits per heavy atom. The zero-order valence-electron chi connectivity index (χ0n) is 38.4. The Morgan fingerprint density at radius 3 is 2.38 bits per heavy atom. The van der Waals surface area contributed by atoms with E-state index in [1.807, 2.05) is 24.5 Å². The summed E-state index contributed by atoms with van der Waals surface area (Å²) in [4.78, 5) is 121. The van der Waals surface area contributed by atoms with Gasteiger partial charge in [0.2, 0.25) is 17.7 Å². The highest BCUT2D eigenvalue weighted by molar-refractivity contribution is 9.14. The molecule has 0 bridgehead atoms. The minimum absolute atomic E-state index is 0.0226. The number of aliphatic hydroxyl groups excluding tert-OH is 1. The maximum atomic E-state index is 14.4. The van der Waals surface area contributed by atoms with Crippen LogP contribution in [0.2, 0.25) is 0 Å². The van der Waals surface area contributed by atoms with Gasteiger partial charge in [0.25, 0.3) is 11.8 Å². The zero-order chi connectivity index (χ0) is 51.4. The van der Waals surface area contributed by atoms with E-state index in [1.165, 1.54) is 6.08 Å². The van der Waals surface area contributed by atoms with Crippen molar-refractivity contribution in [3.8, 4) is 0 Å². The molecule has 1 aromatic heterocycles. The number of carboxylic acids is 1. The van der Waals surface area contributed by atoms with E-state index in [0.29, 0.717) is 37.1 Å². The van der Waals surface area contributed by atoms with E-state index in [2.05, 4.69) is 47.8 Å². The van der Waals surface area contributed by atoms with Gasteiger partial charge in [-0.3, -0.25) is 47.8 Å². The molecule has 0 unspecified atom stereocenters. The lowest BCUT2D eigenvalue weighted by atomic mass is 9.46. The van der Waals surface area contributed by atoms with Gasteiger partial charge in [-0.1, -0.05) is 37.6 Å². The van der Waals surface area contributed by atoms with Crippen molar-refractivity contribution in [2.45, 2.75) is 95.5 Å². The van der Waals surface area contributed by atoms with E-state index in [-0.39, 0.29) is 58.3 Å². The van der Waals surface area contributed by atoms with E-state index in [4.69, 9.17) is 14.0 Å². The second-order valence-electron chi connectivity index (χ2n) is 19.2. The molecule has 5 amide bonds. The number of imide groups is 1. The normalized spacial score (nSPS) is 30.3. The third kappa shape index (κ3) is 10.2. The number of carbonyl (C=O) groups excluding carboxylic acids is 7. The molecule has 24 heteroatoms. The Bertz CT molecular complexity index is 2700. The van der Waals surface area contributed by atoms with Crippen LogP contribution in [0.15, 0.2) is 75.5 Å². The van der Waals surface area contributed by atoms with Gasteiger partial charge in [0, 0.05) is 66.3 Å². The number of allylic oxidation sites excluding steroid dienone is 4. The average molecular weight is 1130 g/mol. The number of aromatic nitrogens is 1. The number of fused-ring (bicyclic) bond motifs is 7. The van der Waals surface area contributed by atoms with Crippen LogP contribution in [0.25, 0.3) is 0 Å². The summed E-state index contributed by atoms with van der Waals surface area (Å²) in [5, 5.41) is 28.8. The van der Waals surface area contributed by atoms with Gasteiger partial charge in [0.05, 0.1) is 18.8 Å². The van der Waals surface area contributed by atoms with E-state index in [1.54, 1.807) is 48.8 Å². The number of aliphatic hydroxyl groups is 1. The van der Waals surface area contributed by atoms with E-state index in [0.717, 1.165) is 16.0 Å². The van der Waals surface area contributed by atoms with Crippen LogP contribution >= 0.6 is 39.7 Å². The second-order valence-corrected chi connectivity index (χ2v) is 22.0. The Hall–Kier alpha value is -4.97. The second kappa shape index (κ2) is 20.1. The van der Waals surface area contributed by atoms with Crippen molar-refractivity contribution in [3.63, 3.8) is 0 Å². The fourth-order valence-corrected chi connectivity index (χ4v) is 12.8. The fourth-order valence-electron chi connectivity index (χ4n) is 11.8. The topological polar surface area (TPSA) is 306 Å². The van der Waals surface area contributed by atoms with Gasteiger partial charge in [-0.25, -0.2) is 4.57 Å². The lowest BCUT2D eigenvalue weighted by Crippen LogP contribution is -2.63. The van der Waals surface area contributed by atoms with Gasteiger partial charge >= 0.3 is 13.8 Å². The van der Waals surface area contributed by atoms with Crippen molar-refractivity contribution < 1.29 is 76.9 Å². The number of hydrogen-bond donors (Lipinski definition) is 7. The smallest absolute Gasteiger partial charge is 0.470 e. The predicted molar refractivity (Wildman–Crippen MR) is 254 cm³/mol. The first kappa shape index (κ1) is 52.4. The van der Waals surface area contributed by atoms with E-state index < -0.39 is 110 Å². The molecule has 8 rings (SSSR count). The number of nitrogens with one attached hydrogen (secondary N) is 3. The van der Waals surface area contributed by atoms with Crippen molar-refractivity contribution in [2.24, 2.45) is 28.6 Å². The minimum atomic E-state index is -5.06. The number of amides is 5. The number of carboxylic acid groups (broad SMARTS) is 1. The Kier molecular flexibility index (Phi) is 14.9. The number of rotatable bonds is 18. The van der Waals surface area contributed by atoms with Crippen LogP contribution in [-0.4, -0.2) is 120 Å². The van der Waals surface area contributed by atoms with Crippen molar-refractivity contribution in [2.75, 3.05) is 25.0 Å². The monoisotopic (exact) mass is 1130 g/mol. The number of ether oxygens (including phenoxy) is 2. The fraction of sp³-hybridized carbons (Fsp3) is 0.489. The van der Waals surface area contributed by atoms with Gasteiger partial charge in [-0.05, 0) is 112 Å². The first-order chi connectivity index (χ1) is 33.4. The summed E-state index contributed by atoms with van der Waals surface area (Å²) in [6.07, 6.45) is 6.55. The number of anilines is 1. The van der Waals surface area contributed by atoms with Crippen LogP contribution in [0.3, 0.4) is 0 Å². The van der Waals surface area contributed by atoms with Gasteiger partial charge in [-0.15, -0.1) is 0 Å². The third-order valence-electron chi connectivity index (χ3n) is 15.0. The van der Waals surface area contributed by atoms with Gasteiger partial charge in [0.15, 0.2) is 23.5 Å². The van der Waals surface area contributed by atoms with Crippen molar-refractivity contribution in [1.29, 1.82) is 0 Å². The Labute approximate surface area is 423 Å². The Morgan fingerprint density at radius 1 is 1.00 bits per heavy atom. The number of phosphoric acid groups is 1. The zero-order valence-corrected chi connectivity index (χ0v) is 42.4. The maximum absolute atomic E-state index is 14.4. The van der Waals surface area contributed by atoms with Crippen LogP contribution in [0.4, 0.5) is 5.69 Å². The first-order valence-corrected chi connectivity index (χ1v) is 26.0. The summed E-state index contributed by atoms with van der Waals surface area (Å²) in [7, 11) is -5.06. The molecule has 71 heavy (non-hydrogen) atoms. The molecule has 0 radical (unpaired) electrons. The summed E-state index contributed by atoms with van der Waals surface area (Å²) in [5.41, 5.74) is -0.707. The highest BCUT2D eigenvalue weighted by atomic mass is 79.9. The molecule has 2 aromatic rings. The van der Waals surface area contributed by atoms with Crippen LogP contribution in [0, 0.1) is 28.6 Å². The van der Waals surface area contributed by atoms with Gasteiger partial charge < -0.3 is 50.0 Å². The number of aliphatic carboxylic acids is 1. The molecule has 3 saturated carbocycles. The molecular weight excluding hydrogens is 1080 g/mol. The standard InChI is InChI=1S/C47H52Br2N5O16P/c1-45-14-11-28(55)17-26(45)5-8-29-30-18-34-47(33(57)23-68-71(65,66)67,46(30,2)19-32(56)38(29)45)70-44(69-34)25-12-15-53(22-25)21-24-3-6-27(7-4-24)51-41(62)31(9-10-37(60)61)52-36(59)20-50-35(58)13-16-54-42(63)39(48)40(49)43(54)64/h3-4,6-7,11-12,14-15,17,22,29-32,34,38,44,56H,5,8-10,13,16,18-21,23H2,1-2H3,(H,50,58)(H,51,62)(H,52,59)(H,60,61)(H2,65,66,67)/t29-,30-,31-,32-,34+,38+,44+,45-,46-,47+/m0/s1. The minimum Gasteiger partial charge on any atom is -0.481 e. The lowest BCUT2D eigenvalue weighted by Gasteiger charge is -2.59. The number of Topliss-reactive ketones (excluding diaryl/α,β-unsaturated/α-hetero) is 1. The number of halogens is 2. The molecule has 2 aliphatic heterocycles. The highest BCUT2D eigenvalue weighted by Crippen LogP contribution is 2.70. The highest BCUT2D eigenvalue weighted by Gasteiger charge is 2.76. The van der Waals surface area contributed by atoms with Gasteiger partial charge in [-0.2, -0.15) is 0 Å². The van der Waals surface area contributed by atoms with Crippen LogP contribution in [-0.2, 0) is 63.5 Å². The molecule has 10 atom stereocenters. The Balaban J connectivity index is 0.895. The molecule has 4 aliphatic carbocycles. The molecule has 1 aromatic carbocycles. The SMILES string of the molecule is C[C@]12C=CC(=O)C=C1CC[C@@H]1[C@@H]2[C@@H](O)C[C@@]2(C)[C@H]1C[C@H]1O[C@@H](c3ccn(Cc4ccc(NC(=O)[C@H](CCC(=O)O)NC(=O)CNC(=O)CCN5C(=O)C(Br)=C(Br)C5=O)cc4)c3)O[C@]12C(=O)COP(=O)(O)O. The first-order valence-electron chi connectivity index (χ1n) is 22.9. The summed E-state index contributed by atoms with van der Waals surface area (Å²) < 4.78 is 31.8. The molecule has 1 saturated heterocycles. The molecule has 380 valence electrons. The molecule has 21 nitrogen and oxygen atoms in total. The molecule has 7 N–H and O–H groups in total. The average Bonchev–Trinajstić information content (AvgIpc) is 4.04. The van der Waals surface area contributed by atoms with E-state index in [9.17, 15) is 62.9 Å². The molecular formula is C47H52Br2N5O16P. The summed E-state index contributed by atoms with van der Waals surface area (Å²) in [6.45, 7) is 2.48. The van der Waals surface area contributed by atoms with Crippen LogP contribution in [0.5, 0.6) is 0 Å². The molecule has 6 aliphatic rings. The van der Waals surface area contributed by atoms with Crippen molar-refractivity contribution in [1.82, 2.24) is 20.1 Å². The van der Waals surface area contributed by atoms with Crippen LogP contribution < -0.4 is 16.0 Å². The summed E-state index contributed by atoms with van der Waals surface area (Å²) in [5.74, 6) is -5.95. The number of phosphoric ester groups is 1. The largest absolute Gasteiger partial charge is 0.481 e. The summed E-state index contributed by atoms with van der Waals surface area (Å²) in [6, 6.07) is 7.17. The molecule has 4 fully saturated rings. The number of nitrogens with zero attached hydrogens (tertiary/aromatic N) is 2. The lowest BCUT2D eigenvalue weighted by molar-refractivity contribution is -0.200. The quantitative estimate of drug-likeness (QED) is 0.0831. The summed E-state index contributed by atoms with van der Waals surface area (Å²) >= 11 is 6.01.